The third-order valence-corrected chi connectivity index (χ3v) is 3.87. The van der Waals surface area contributed by atoms with E-state index in [1.807, 2.05) is 0 Å². The average Bonchev–Trinajstić information content (AvgIpc) is 2.63. The molecule has 1 N–H and O–H groups in total. The quantitative estimate of drug-likeness (QED) is 0.220. The van der Waals surface area contributed by atoms with Crippen LogP contribution < -0.4 is 14.9 Å². The Balaban J connectivity index is 2.28. The summed E-state index contributed by atoms with van der Waals surface area (Å²) in [5.41, 5.74) is 2.09. The molecule has 0 atom stereocenters. The van der Waals surface area contributed by atoms with Gasteiger partial charge in [0.2, 0.25) is 0 Å². The number of hydrogen-bond donors (Lipinski definition) is 1. The predicted molar refractivity (Wildman–Crippen MR) is 103 cm³/mol. The molecule has 0 aliphatic carbocycles. The molecule has 0 aliphatic rings. The molecule has 146 valence electrons. The smallest absolute Gasteiger partial charge is 0.308 e. The van der Waals surface area contributed by atoms with Gasteiger partial charge in [-0.3, -0.25) is 30.4 Å². The largest absolute Gasteiger partial charge is 0.493 e. The van der Waals surface area contributed by atoms with Gasteiger partial charge in [0.15, 0.2) is 11.5 Å². The highest BCUT2D eigenvalue weighted by atomic mass is 79.9. The molecule has 0 saturated heterocycles. The number of hydrazone groups is 1. The number of methoxy groups -OCH3 is 1. The van der Waals surface area contributed by atoms with Crippen LogP contribution in [0.15, 0.2) is 39.9 Å². The van der Waals surface area contributed by atoms with E-state index < -0.39 is 27.2 Å². The van der Waals surface area contributed by atoms with Gasteiger partial charge < -0.3 is 9.47 Å². The van der Waals surface area contributed by atoms with Crippen LogP contribution in [-0.4, -0.2) is 29.1 Å². The van der Waals surface area contributed by atoms with Gasteiger partial charge >= 0.3 is 11.7 Å². The molecule has 12 heteroatoms. The summed E-state index contributed by atoms with van der Waals surface area (Å²) in [7, 11) is 1.40. The van der Waals surface area contributed by atoms with Gasteiger partial charge in [0.25, 0.3) is 5.69 Å². The van der Waals surface area contributed by atoms with E-state index >= 15 is 0 Å². The van der Waals surface area contributed by atoms with Crippen molar-refractivity contribution in [2.45, 2.75) is 6.92 Å². The number of halogens is 1. The Morgan fingerprint density at radius 3 is 2.50 bits per heavy atom. The van der Waals surface area contributed by atoms with E-state index in [0.717, 1.165) is 12.1 Å². The topological polar surface area (TPSA) is 146 Å². The second-order valence-corrected chi connectivity index (χ2v) is 6.07. The standard InChI is InChI=1S/C16H13BrN4O7/c1-9(22)28-16-12(17)5-10(6-15(16)27-2)8-18-19-13-4-3-11(20(23)24)7-14(13)21(25)26/h3-8,19H,1-2H3/b18-8-. The highest BCUT2D eigenvalue weighted by molar-refractivity contribution is 9.10. The number of nitro benzene ring substituents is 2. The zero-order valence-electron chi connectivity index (χ0n) is 14.5. The number of nitro groups is 2. The van der Waals surface area contributed by atoms with Crippen molar-refractivity contribution in [3.8, 4) is 11.5 Å². The molecular weight excluding hydrogens is 440 g/mol. The number of esters is 1. The predicted octanol–water partition coefficient (Wildman–Crippen LogP) is 3.65. The summed E-state index contributed by atoms with van der Waals surface area (Å²) in [5, 5.41) is 25.8. The van der Waals surface area contributed by atoms with Crippen LogP contribution in [0, 0.1) is 20.2 Å². The Bertz CT molecular complexity index is 978. The third kappa shape index (κ3) is 5.01. The number of ether oxygens (including phenoxy) is 2. The number of carbonyl (C=O) groups excluding carboxylic acids is 1. The minimum Gasteiger partial charge on any atom is -0.493 e. The zero-order chi connectivity index (χ0) is 20.8. The van der Waals surface area contributed by atoms with Crippen LogP contribution in [0.5, 0.6) is 11.5 Å². The molecule has 11 nitrogen and oxygen atoms in total. The highest BCUT2D eigenvalue weighted by Gasteiger charge is 2.19. The molecule has 0 heterocycles. The lowest BCUT2D eigenvalue weighted by Crippen LogP contribution is -2.04. The molecule has 28 heavy (non-hydrogen) atoms. The molecular formula is C16H13BrN4O7. The lowest BCUT2D eigenvalue weighted by Gasteiger charge is -2.10. The monoisotopic (exact) mass is 452 g/mol. The molecule has 0 amide bonds. The van der Waals surface area contributed by atoms with Gasteiger partial charge in [-0.05, 0) is 39.7 Å². The van der Waals surface area contributed by atoms with Crippen LogP contribution in [0.1, 0.15) is 12.5 Å². The number of rotatable bonds is 7. The SMILES string of the molecule is COc1cc(/C=N\Nc2ccc([N+](=O)[O-])cc2[N+](=O)[O-])cc(Br)c1OC(C)=O. The van der Waals surface area contributed by atoms with Crippen molar-refractivity contribution in [3.63, 3.8) is 0 Å². The molecule has 2 rings (SSSR count). The first-order chi connectivity index (χ1) is 13.2. The molecule has 0 aromatic heterocycles. The summed E-state index contributed by atoms with van der Waals surface area (Å²) < 4.78 is 10.7. The Morgan fingerprint density at radius 2 is 1.93 bits per heavy atom. The number of benzene rings is 2. The minimum atomic E-state index is -0.752. The second-order valence-electron chi connectivity index (χ2n) is 5.21. The first kappa shape index (κ1) is 20.8. The Labute approximate surface area is 166 Å². The average molecular weight is 453 g/mol. The number of non-ortho nitro benzene ring substituents is 1. The van der Waals surface area contributed by atoms with E-state index in [-0.39, 0.29) is 17.2 Å². The van der Waals surface area contributed by atoms with Gasteiger partial charge in [-0.25, -0.2) is 0 Å². The Morgan fingerprint density at radius 1 is 1.21 bits per heavy atom. The van der Waals surface area contributed by atoms with Crippen LogP contribution in [0.2, 0.25) is 0 Å². The van der Waals surface area contributed by atoms with Gasteiger partial charge in [0.1, 0.15) is 5.69 Å². The first-order valence-electron chi connectivity index (χ1n) is 7.50. The van der Waals surface area contributed by atoms with Crippen molar-refractivity contribution in [2.24, 2.45) is 5.10 Å². The van der Waals surface area contributed by atoms with Crippen molar-refractivity contribution in [1.29, 1.82) is 0 Å². The molecule has 0 bridgehead atoms. The van der Waals surface area contributed by atoms with Crippen molar-refractivity contribution in [2.75, 3.05) is 12.5 Å². The number of nitrogens with zero attached hydrogens (tertiary/aromatic N) is 3. The van der Waals surface area contributed by atoms with Gasteiger partial charge in [-0.2, -0.15) is 5.10 Å². The summed E-state index contributed by atoms with van der Waals surface area (Å²) >= 11 is 3.26. The molecule has 2 aromatic rings. The van der Waals surface area contributed by atoms with E-state index in [2.05, 4.69) is 26.5 Å². The van der Waals surface area contributed by atoms with Crippen molar-refractivity contribution in [1.82, 2.24) is 0 Å². The lowest BCUT2D eigenvalue weighted by atomic mass is 10.2. The summed E-state index contributed by atoms with van der Waals surface area (Å²) in [4.78, 5) is 31.6. The van der Waals surface area contributed by atoms with Gasteiger partial charge in [0.05, 0.1) is 33.7 Å². The number of hydrogen-bond acceptors (Lipinski definition) is 9. The van der Waals surface area contributed by atoms with Crippen LogP contribution in [0.25, 0.3) is 0 Å². The van der Waals surface area contributed by atoms with Crippen molar-refractivity contribution < 1.29 is 24.1 Å². The molecule has 2 aromatic carbocycles. The van der Waals surface area contributed by atoms with E-state index in [1.165, 1.54) is 26.3 Å². The van der Waals surface area contributed by atoms with Crippen molar-refractivity contribution >= 4 is 45.2 Å². The number of nitrogens with one attached hydrogen (secondary N) is 1. The number of carbonyl (C=O) groups is 1. The summed E-state index contributed by atoms with van der Waals surface area (Å²) in [5.74, 6) is -0.0500. The van der Waals surface area contributed by atoms with Crippen LogP contribution in [0.4, 0.5) is 17.1 Å². The van der Waals surface area contributed by atoms with Gasteiger partial charge in [-0.1, -0.05) is 0 Å². The zero-order valence-corrected chi connectivity index (χ0v) is 16.1. The summed E-state index contributed by atoms with van der Waals surface area (Å²) in [6.07, 6.45) is 1.34. The summed E-state index contributed by atoms with van der Waals surface area (Å²) in [6.45, 7) is 1.25. The fourth-order valence-electron chi connectivity index (χ4n) is 2.11. The normalized spacial score (nSPS) is 10.5. The highest BCUT2D eigenvalue weighted by Crippen LogP contribution is 2.36. The molecule has 0 saturated carbocycles. The fourth-order valence-corrected chi connectivity index (χ4v) is 2.65. The first-order valence-corrected chi connectivity index (χ1v) is 8.30. The third-order valence-electron chi connectivity index (χ3n) is 3.29. The summed E-state index contributed by atoms with van der Waals surface area (Å²) in [6, 6.07) is 6.28. The maximum Gasteiger partial charge on any atom is 0.308 e. The minimum absolute atomic E-state index is 0.0191. The Hall–Kier alpha value is -3.54. The van der Waals surface area contributed by atoms with Gasteiger partial charge in [-0.15, -0.1) is 0 Å². The fraction of sp³-hybridized carbons (Fsp3) is 0.125. The molecule has 0 spiro atoms. The number of anilines is 1. The maximum atomic E-state index is 11.2. The maximum absolute atomic E-state index is 11.2. The van der Waals surface area contributed by atoms with E-state index in [4.69, 9.17) is 9.47 Å². The van der Waals surface area contributed by atoms with Crippen LogP contribution in [0.3, 0.4) is 0 Å². The van der Waals surface area contributed by atoms with Crippen LogP contribution >= 0.6 is 15.9 Å². The molecule has 0 aliphatic heterocycles. The van der Waals surface area contributed by atoms with E-state index in [0.29, 0.717) is 10.0 Å². The lowest BCUT2D eigenvalue weighted by molar-refractivity contribution is -0.393. The van der Waals surface area contributed by atoms with E-state index in [9.17, 15) is 25.0 Å². The molecule has 0 unspecified atom stereocenters. The van der Waals surface area contributed by atoms with Crippen LogP contribution in [-0.2, 0) is 4.79 Å². The van der Waals surface area contributed by atoms with E-state index in [1.54, 1.807) is 12.1 Å². The molecule has 0 radical (unpaired) electrons. The van der Waals surface area contributed by atoms with Gasteiger partial charge in [0, 0.05) is 13.0 Å². The Kier molecular flexibility index (Phi) is 6.60. The second kappa shape index (κ2) is 8.90. The molecule has 0 fully saturated rings. The van der Waals surface area contributed by atoms with Crippen molar-refractivity contribution in [3.05, 3.63) is 60.6 Å².